The largest absolute Gasteiger partial charge is 0.480 e. The molecule has 0 unspecified atom stereocenters. The zero-order valence-electron chi connectivity index (χ0n) is 19.1. The molecule has 0 radical (unpaired) electrons. The van der Waals surface area contributed by atoms with Crippen molar-refractivity contribution in [2.45, 2.75) is 57.0 Å². The zero-order valence-corrected chi connectivity index (χ0v) is 19.9. The number of anilines is 1. The summed E-state index contributed by atoms with van der Waals surface area (Å²) in [4.78, 5) is 38.2. The average Bonchev–Trinajstić information content (AvgIpc) is 2.80. The highest BCUT2D eigenvalue weighted by Crippen LogP contribution is 2.37. The molecule has 1 fully saturated rings. The van der Waals surface area contributed by atoms with E-state index in [0.29, 0.717) is 12.8 Å². The molecule has 0 aromatic carbocycles. The molecule has 0 amide bonds. The number of nitrogens with zero attached hydrogens (tertiary/aromatic N) is 3. The maximum absolute atomic E-state index is 14.2. The summed E-state index contributed by atoms with van der Waals surface area (Å²) in [7, 11) is 0. The molecule has 1 aliphatic carbocycles. The molecule has 188 valence electrons. The molecule has 0 saturated heterocycles. The Balaban J connectivity index is 1.40. The Morgan fingerprint density at radius 1 is 1.31 bits per heavy atom. The lowest BCUT2D eigenvalue weighted by Crippen LogP contribution is -2.53. The third kappa shape index (κ3) is 5.88. The molecular formula is C24H28ClFN4O5. The van der Waals surface area contributed by atoms with Gasteiger partial charge in [0.25, 0.3) is 0 Å². The van der Waals surface area contributed by atoms with Crippen LogP contribution in [0.15, 0.2) is 24.5 Å². The van der Waals surface area contributed by atoms with Crippen molar-refractivity contribution in [1.29, 1.82) is 0 Å². The maximum Gasteiger partial charge on any atom is 0.361 e. The Morgan fingerprint density at radius 3 is 2.83 bits per heavy atom. The van der Waals surface area contributed by atoms with Crippen LogP contribution in [0.1, 0.15) is 53.7 Å². The topological polar surface area (TPSA) is 125 Å². The summed E-state index contributed by atoms with van der Waals surface area (Å²) in [6.07, 6.45) is 6.75. The van der Waals surface area contributed by atoms with E-state index in [1.807, 2.05) is 6.07 Å². The van der Waals surface area contributed by atoms with Crippen LogP contribution in [0.2, 0.25) is 5.02 Å². The van der Waals surface area contributed by atoms with Crippen molar-refractivity contribution >= 4 is 29.4 Å². The molecule has 3 heterocycles. The number of halogens is 2. The molecule has 1 aliphatic heterocycles. The van der Waals surface area contributed by atoms with Gasteiger partial charge in [-0.1, -0.05) is 17.7 Å². The van der Waals surface area contributed by atoms with Crippen molar-refractivity contribution in [3.63, 3.8) is 0 Å². The van der Waals surface area contributed by atoms with Gasteiger partial charge in [-0.2, -0.15) is 0 Å². The summed E-state index contributed by atoms with van der Waals surface area (Å²) < 4.78 is 14.2. The molecule has 11 heteroatoms. The Bertz CT molecular complexity index is 1060. The number of aryl methyl sites for hydroxylation is 2. The van der Waals surface area contributed by atoms with Gasteiger partial charge >= 0.3 is 11.9 Å². The van der Waals surface area contributed by atoms with Gasteiger partial charge in [-0.3, -0.25) is 9.78 Å². The fourth-order valence-corrected chi connectivity index (χ4v) is 4.85. The van der Waals surface area contributed by atoms with E-state index in [1.54, 1.807) is 0 Å². The van der Waals surface area contributed by atoms with E-state index < -0.39 is 36.0 Å². The second kappa shape index (κ2) is 11.3. The van der Waals surface area contributed by atoms with Crippen LogP contribution in [0.25, 0.3) is 0 Å². The Morgan fingerprint density at radius 2 is 2.11 bits per heavy atom. The molecule has 35 heavy (non-hydrogen) atoms. The number of hydrogen-bond acceptors (Lipinski definition) is 8. The van der Waals surface area contributed by atoms with Crippen LogP contribution in [-0.4, -0.2) is 62.4 Å². The molecule has 0 bridgehead atoms. The highest BCUT2D eigenvalue weighted by Gasteiger charge is 2.42. The second-order valence-electron chi connectivity index (χ2n) is 8.95. The van der Waals surface area contributed by atoms with Gasteiger partial charge in [-0.15, -0.1) is 5.06 Å². The minimum absolute atomic E-state index is 0.150. The summed E-state index contributed by atoms with van der Waals surface area (Å²) in [6.45, 7) is 0.513. The monoisotopic (exact) mass is 506 g/mol. The van der Waals surface area contributed by atoms with E-state index in [4.69, 9.17) is 21.4 Å². The number of carboxylic acids is 1. The highest BCUT2D eigenvalue weighted by atomic mass is 35.5. The van der Waals surface area contributed by atoms with Crippen molar-refractivity contribution in [1.82, 2.24) is 15.0 Å². The number of aliphatic carboxylic acids is 1. The fraction of sp³-hybridized carbons (Fsp3) is 0.500. The molecule has 0 spiro atoms. The smallest absolute Gasteiger partial charge is 0.361 e. The van der Waals surface area contributed by atoms with Gasteiger partial charge < -0.3 is 20.4 Å². The van der Waals surface area contributed by atoms with E-state index in [1.165, 1.54) is 5.56 Å². The van der Waals surface area contributed by atoms with Gasteiger partial charge in [0, 0.05) is 31.1 Å². The van der Waals surface area contributed by atoms with E-state index in [2.05, 4.69) is 16.4 Å². The van der Waals surface area contributed by atoms with Crippen molar-refractivity contribution in [3.8, 4) is 0 Å². The van der Waals surface area contributed by atoms with Gasteiger partial charge in [-0.05, 0) is 62.5 Å². The van der Waals surface area contributed by atoms with E-state index in [-0.39, 0.29) is 23.4 Å². The summed E-state index contributed by atoms with van der Waals surface area (Å²) in [5.41, 5.74) is 1.72. The molecule has 2 aliphatic rings. The zero-order chi connectivity index (χ0) is 24.9. The number of hydrogen-bond donors (Lipinski definition) is 3. The summed E-state index contributed by atoms with van der Waals surface area (Å²) in [6, 6.07) is 2.51. The van der Waals surface area contributed by atoms with Gasteiger partial charge in [0.15, 0.2) is 5.82 Å². The Hall–Kier alpha value is -2.82. The van der Waals surface area contributed by atoms with Crippen molar-refractivity contribution in [3.05, 3.63) is 52.2 Å². The van der Waals surface area contributed by atoms with Gasteiger partial charge in [-0.25, -0.2) is 14.2 Å². The summed E-state index contributed by atoms with van der Waals surface area (Å²) in [5, 5.41) is 23.2. The SMILES string of the molecule is O=C(ON(C1CC(CCc2ccc3c(n2)NCCC3)C1)[C@@H](CCO)C(=O)O)c1c(F)cncc1Cl. The van der Waals surface area contributed by atoms with Gasteiger partial charge in [0.1, 0.15) is 17.4 Å². The van der Waals surface area contributed by atoms with E-state index in [9.17, 15) is 24.2 Å². The standard InChI is InChI=1S/C24H28ClFN4O5/c25-18-12-27-13-19(26)21(18)24(34)35-30(20(7-9-31)23(32)33)17-10-14(11-17)3-5-16-6-4-15-2-1-8-28-22(15)29-16/h4,6,12-14,17,20,31H,1-3,5,7-11H2,(H,28,29)(H,32,33)/t14?,17?,20-/m0/s1. The molecule has 9 nitrogen and oxygen atoms in total. The number of aliphatic hydroxyl groups is 1. The number of carboxylic acid groups (broad SMARTS) is 1. The molecule has 2 aromatic heterocycles. The molecule has 3 N–H and O–H groups in total. The number of fused-ring (bicyclic) bond motifs is 1. The number of hydroxylamine groups is 2. The average molecular weight is 507 g/mol. The summed E-state index contributed by atoms with van der Waals surface area (Å²) >= 11 is 5.92. The van der Waals surface area contributed by atoms with E-state index in [0.717, 1.165) is 61.2 Å². The van der Waals surface area contributed by atoms with Crippen LogP contribution in [-0.2, 0) is 22.5 Å². The number of pyridine rings is 2. The fourth-order valence-electron chi connectivity index (χ4n) is 4.63. The van der Waals surface area contributed by atoms with Crippen LogP contribution < -0.4 is 5.32 Å². The number of nitrogens with one attached hydrogen (secondary N) is 1. The lowest BCUT2D eigenvalue weighted by molar-refractivity contribution is -0.204. The first-order valence-corrected chi connectivity index (χ1v) is 12.1. The number of aromatic nitrogens is 2. The highest BCUT2D eigenvalue weighted by molar-refractivity contribution is 6.33. The quantitative estimate of drug-likeness (QED) is 0.416. The number of carbonyl (C=O) groups excluding carboxylic acids is 1. The lowest BCUT2D eigenvalue weighted by Gasteiger charge is -2.43. The third-order valence-electron chi connectivity index (χ3n) is 6.57. The molecular weight excluding hydrogens is 479 g/mol. The normalized spacial score (nSPS) is 19.9. The number of rotatable bonds is 10. The van der Waals surface area contributed by atoms with Crippen molar-refractivity contribution in [2.24, 2.45) is 5.92 Å². The van der Waals surface area contributed by atoms with E-state index >= 15 is 0 Å². The van der Waals surface area contributed by atoms with Gasteiger partial charge in [0.05, 0.1) is 11.2 Å². The first-order valence-electron chi connectivity index (χ1n) is 11.7. The van der Waals surface area contributed by atoms with Crippen LogP contribution in [0.4, 0.5) is 10.2 Å². The molecule has 4 rings (SSSR count). The minimum atomic E-state index is -1.27. The first kappa shape index (κ1) is 25.3. The third-order valence-corrected chi connectivity index (χ3v) is 6.86. The Kier molecular flexibility index (Phi) is 8.15. The molecule has 2 aromatic rings. The lowest BCUT2D eigenvalue weighted by atomic mass is 9.76. The summed E-state index contributed by atoms with van der Waals surface area (Å²) in [5.74, 6) is -2.07. The predicted octanol–water partition coefficient (Wildman–Crippen LogP) is 3.25. The predicted molar refractivity (Wildman–Crippen MR) is 125 cm³/mol. The maximum atomic E-state index is 14.2. The van der Waals surface area contributed by atoms with Crippen LogP contribution in [0.5, 0.6) is 0 Å². The van der Waals surface area contributed by atoms with Crippen molar-refractivity contribution in [2.75, 3.05) is 18.5 Å². The van der Waals surface area contributed by atoms with Gasteiger partial charge in [0.2, 0.25) is 0 Å². The van der Waals surface area contributed by atoms with Crippen LogP contribution >= 0.6 is 11.6 Å². The Labute approximate surface area is 207 Å². The molecule has 1 saturated carbocycles. The molecule has 1 atom stereocenters. The van der Waals surface area contributed by atoms with Crippen LogP contribution in [0.3, 0.4) is 0 Å². The minimum Gasteiger partial charge on any atom is -0.480 e. The second-order valence-corrected chi connectivity index (χ2v) is 9.36. The first-order chi connectivity index (χ1) is 16.9. The number of carbonyl (C=O) groups is 2. The number of aliphatic hydroxyl groups excluding tert-OH is 1. The van der Waals surface area contributed by atoms with Crippen molar-refractivity contribution < 1.29 is 29.0 Å². The van der Waals surface area contributed by atoms with Crippen LogP contribution in [0, 0.1) is 11.7 Å².